The summed E-state index contributed by atoms with van der Waals surface area (Å²) in [7, 11) is 0. The summed E-state index contributed by atoms with van der Waals surface area (Å²) >= 11 is 0. The van der Waals surface area contributed by atoms with E-state index in [2.05, 4.69) is 13.2 Å². The lowest BCUT2D eigenvalue weighted by atomic mass is 9.76. The van der Waals surface area contributed by atoms with E-state index in [0.29, 0.717) is 11.5 Å². The molecule has 0 bridgehead atoms. The van der Waals surface area contributed by atoms with Crippen molar-refractivity contribution >= 4 is 11.9 Å². The van der Waals surface area contributed by atoms with Crippen molar-refractivity contribution in [2.45, 2.75) is 33.1 Å². The van der Waals surface area contributed by atoms with Crippen LogP contribution < -0.4 is 9.47 Å². The molecule has 0 saturated carbocycles. The lowest BCUT2D eigenvalue weighted by Gasteiger charge is -2.30. The van der Waals surface area contributed by atoms with E-state index in [0.717, 1.165) is 34.4 Å². The molecule has 158 valence electrons. The fourth-order valence-electron chi connectivity index (χ4n) is 3.14. The minimum absolute atomic E-state index is 0.116. The van der Waals surface area contributed by atoms with Gasteiger partial charge in [-0.15, -0.1) is 0 Å². The predicted octanol–water partition coefficient (Wildman–Crippen LogP) is 4.83. The molecular weight excluding hydrogens is 380 g/mol. The Balaban J connectivity index is 2.40. The fourth-order valence-corrected chi connectivity index (χ4v) is 3.14. The first-order valence-electron chi connectivity index (χ1n) is 9.67. The average Bonchev–Trinajstić information content (AvgIpc) is 2.70. The molecule has 0 atom stereocenters. The first kappa shape index (κ1) is 22.9. The lowest BCUT2D eigenvalue weighted by molar-refractivity contribution is -0.138. The summed E-state index contributed by atoms with van der Waals surface area (Å²) in [6, 6.07) is 11.7. The molecule has 2 aromatic rings. The summed E-state index contributed by atoms with van der Waals surface area (Å²) in [5, 5.41) is 0. The second-order valence-electron chi connectivity index (χ2n) is 7.47. The molecule has 2 rings (SSSR count). The molecule has 0 aromatic heterocycles. The second-order valence-corrected chi connectivity index (χ2v) is 7.47. The monoisotopic (exact) mass is 408 g/mol. The highest BCUT2D eigenvalue weighted by atomic mass is 16.6. The minimum atomic E-state index is -0.536. The average molecular weight is 408 g/mol. The molecule has 0 aliphatic rings. The van der Waals surface area contributed by atoms with Gasteiger partial charge in [-0.2, -0.15) is 0 Å². The first-order valence-corrected chi connectivity index (χ1v) is 9.67. The Morgan fingerprint density at radius 2 is 1.40 bits per heavy atom. The number of carbonyl (C=O) groups excluding carboxylic acids is 2. The van der Waals surface area contributed by atoms with Crippen LogP contribution >= 0.6 is 0 Å². The van der Waals surface area contributed by atoms with Gasteiger partial charge in [0.25, 0.3) is 0 Å². The highest BCUT2D eigenvalue weighted by Crippen LogP contribution is 2.42. The Morgan fingerprint density at radius 1 is 0.867 bits per heavy atom. The van der Waals surface area contributed by atoms with E-state index in [1.165, 1.54) is 0 Å². The minimum Gasteiger partial charge on any atom is -0.490 e. The molecule has 0 radical (unpaired) electrons. The van der Waals surface area contributed by atoms with Gasteiger partial charge in [-0.05, 0) is 37.1 Å². The standard InChI is InChI=1S/C25H28O5/c1-7-23(26)29-14-13-28-21-15-17(3)9-11-19(21)25(5,6)20-12-10-18(4)16-22(20)30-24(27)8-2/h7-12,15-16H,1-2,13-14H2,3-6H3. The molecule has 5 nitrogen and oxygen atoms in total. The van der Waals surface area contributed by atoms with Gasteiger partial charge in [-0.25, -0.2) is 9.59 Å². The molecule has 0 saturated heterocycles. The summed E-state index contributed by atoms with van der Waals surface area (Å²) in [4.78, 5) is 23.1. The van der Waals surface area contributed by atoms with Crippen LogP contribution in [-0.4, -0.2) is 25.2 Å². The predicted molar refractivity (Wildman–Crippen MR) is 117 cm³/mol. The quantitative estimate of drug-likeness (QED) is 0.257. The number of hydrogen-bond donors (Lipinski definition) is 0. The largest absolute Gasteiger partial charge is 0.490 e. The SMILES string of the molecule is C=CC(=O)OCCOc1cc(C)ccc1C(C)(C)c1ccc(C)cc1OC(=O)C=C. The topological polar surface area (TPSA) is 61.8 Å². The van der Waals surface area contributed by atoms with Gasteiger partial charge in [0.15, 0.2) is 0 Å². The van der Waals surface area contributed by atoms with Crippen LogP contribution in [0.5, 0.6) is 11.5 Å². The molecule has 30 heavy (non-hydrogen) atoms. The van der Waals surface area contributed by atoms with Crippen LogP contribution in [0.2, 0.25) is 0 Å². The Kier molecular flexibility index (Phi) is 7.59. The smallest absolute Gasteiger partial charge is 0.335 e. The van der Waals surface area contributed by atoms with Crippen molar-refractivity contribution in [1.82, 2.24) is 0 Å². The van der Waals surface area contributed by atoms with Crippen LogP contribution in [-0.2, 0) is 19.7 Å². The van der Waals surface area contributed by atoms with E-state index in [4.69, 9.17) is 14.2 Å². The summed E-state index contributed by atoms with van der Waals surface area (Å²) in [6.45, 7) is 15.2. The maximum atomic E-state index is 11.9. The number of esters is 2. The number of hydrogen-bond acceptors (Lipinski definition) is 5. The van der Waals surface area contributed by atoms with Gasteiger partial charge in [0.05, 0.1) is 0 Å². The molecule has 0 fully saturated rings. The Labute approximate surface area is 178 Å². The normalized spacial score (nSPS) is 10.8. The third-order valence-corrected chi connectivity index (χ3v) is 4.75. The molecule has 5 heteroatoms. The van der Waals surface area contributed by atoms with E-state index in [-0.39, 0.29) is 13.2 Å². The molecule has 0 spiro atoms. The van der Waals surface area contributed by atoms with Crippen molar-refractivity contribution in [3.05, 3.63) is 84.0 Å². The van der Waals surface area contributed by atoms with E-state index >= 15 is 0 Å². The third kappa shape index (κ3) is 5.60. The second kappa shape index (κ2) is 9.92. The van der Waals surface area contributed by atoms with Crippen molar-refractivity contribution in [2.24, 2.45) is 0 Å². The van der Waals surface area contributed by atoms with Gasteiger partial charge < -0.3 is 14.2 Å². The number of benzene rings is 2. The van der Waals surface area contributed by atoms with Crippen LogP contribution in [0, 0.1) is 13.8 Å². The molecule has 0 heterocycles. The number of ether oxygens (including phenoxy) is 3. The molecule has 0 unspecified atom stereocenters. The highest BCUT2D eigenvalue weighted by molar-refractivity contribution is 5.83. The van der Waals surface area contributed by atoms with Crippen molar-refractivity contribution in [3.63, 3.8) is 0 Å². The van der Waals surface area contributed by atoms with Crippen LogP contribution in [0.3, 0.4) is 0 Å². The van der Waals surface area contributed by atoms with Gasteiger partial charge in [0.2, 0.25) is 0 Å². The van der Waals surface area contributed by atoms with E-state index in [1.54, 1.807) is 0 Å². The maximum Gasteiger partial charge on any atom is 0.335 e. The molecule has 2 aromatic carbocycles. The van der Waals surface area contributed by atoms with Gasteiger partial charge in [0.1, 0.15) is 24.7 Å². The lowest BCUT2D eigenvalue weighted by Crippen LogP contribution is -2.23. The van der Waals surface area contributed by atoms with Crippen molar-refractivity contribution < 1.29 is 23.8 Å². The molecular formula is C25H28O5. The highest BCUT2D eigenvalue weighted by Gasteiger charge is 2.30. The van der Waals surface area contributed by atoms with Gasteiger partial charge in [0, 0.05) is 28.7 Å². The van der Waals surface area contributed by atoms with Crippen molar-refractivity contribution in [2.75, 3.05) is 13.2 Å². The Morgan fingerprint density at radius 3 is 1.97 bits per heavy atom. The number of aryl methyl sites for hydroxylation is 2. The Bertz CT molecular complexity index is 956. The molecule has 0 aliphatic carbocycles. The first-order chi connectivity index (χ1) is 14.2. The zero-order chi connectivity index (χ0) is 22.3. The van der Waals surface area contributed by atoms with Gasteiger partial charge in [-0.1, -0.05) is 51.3 Å². The maximum absolute atomic E-state index is 11.9. The summed E-state index contributed by atoms with van der Waals surface area (Å²) in [5.74, 6) is 0.159. The summed E-state index contributed by atoms with van der Waals surface area (Å²) in [6.07, 6.45) is 2.26. The van der Waals surface area contributed by atoms with Crippen molar-refractivity contribution in [3.8, 4) is 11.5 Å². The van der Waals surface area contributed by atoms with Crippen molar-refractivity contribution in [1.29, 1.82) is 0 Å². The van der Waals surface area contributed by atoms with Crippen LogP contribution in [0.25, 0.3) is 0 Å². The summed E-state index contributed by atoms with van der Waals surface area (Å²) in [5.41, 5.74) is 3.24. The van der Waals surface area contributed by atoms with Gasteiger partial charge in [-0.3, -0.25) is 0 Å². The molecule has 0 amide bonds. The number of carbonyl (C=O) groups is 2. The third-order valence-electron chi connectivity index (χ3n) is 4.75. The zero-order valence-electron chi connectivity index (χ0n) is 18.0. The van der Waals surface area contributed by atoms with Crippen LogP contribution in [0.15, 0.2) is 61.7 Å². The summed E-state index contributed by atoms with van der Waals surface area (Å²) < 4.78 is 16.5. The number of rotatable bonds is 9. The van der Waals surface area contributed by atoms with E-state index in [1.807, 2.05) is 64.1 Å². The fraction of sp³-hybridized carbons (Fsp3) is 0.280. The van der Waals surface area contributed by atoms with Crippen LogP contribution in [0.4, 0.5) is 0 Å². The Hall–Kier alpha value is -3.34. The zero-order valence-corrected chi connectivity index (χ0v) is 18.0. The van der Waals surface area contributed by atoms with E-state index in [9.17, 15) is 9.59 Å². The molecule has 0 N–H and O–H groups in total. The van der Waals surface area contributed by atoms with Gasteiger partial charge >= 0.3 is 11.9 Å². The van der Waals surface area contributed by atoms with Crippen LogP contribution in [0.1, 0.15) is 36.1 Å². The van der Waals surface area contributed by atoms with E-state index < -0.39 is 17.4 Å². The molecule has 0 aliphatic heterocycles.